The summed E-state index contributed by atoms with van der Waals surface area (Å²) in [5.41, 5.74) is 0.814. The molecule has 0 aliphatic rings. The van der Waals surface area contributed by atoms with Gasteiger partial charge in [-0.15, -0.1) is 0 Å². The van der Waals surface area contributed by atoms with Crippen LogP contribution in [0.15, 0.2) is 42.5 Å². The summed E-state index contributed by atoms with van der Waals surface area (Å²) in [6.45, 7) is 4.58. The van der Waals surface area contributed by atoms with E-state index in [1.807, 2.05) is 56.3 Å². The Morgan fingerprint density at radius 3 is 2.63 bits per heavy atom. The van der Waals surface area contributed by atoms with Gasteiger partial charge in [-0.05, 0) is 32.3 Å². The van der Waals surface area contributed by atoms with E-state index in [9.17, 15) is 4.79 Å². The number of carboxylic acids is 1. The minimum Gasteiger partial charge on any atom is -0.481 e. The Morgan fingerprint density at radius 2 is 2.00 bits per heavy atom. The third kappa shape index (κ3) is 7.42. The van der Waals surface area contributed by atoms with E-state index in [4.69, 9.17) is 9.84 Å². The van der Waals surface area contributed by atoms with Crippen LogP contribution in [0.3, 0.4) is 0 Å². The molecule has 1 rings (SSSR count). The van der Waals surface area contributed by atoms with E-state index in [1.165, 1.54) is 0 Å². The summed E-state index contributed by atoms with van der Waals surface area (Å²) in [6, 6.07) is 10.0. The number of aliphatic carboxylic acids is 1. The van der Waals surface area contributed by atoms with Crippen LogP contribution in [-0.4, -0.2) is 16.7 Å². The highest BCUT2D eigenvalue weighted by atomic mass is 16.5. The molecule has 0 aromatic heterocycles. The van der Waals surface area contributed by atoms with Gasteiger partial charge in [0, 0.05) is 6.42 Å². The molecule has 3 nitrogen and oxygen atoms in total. The van der Waals surface area contributed by atoms with Gasteiger partial charge >= 0.3 is 5.97 Å². The number of allylic oxidation sites excluding steroid dienone is 1. The summed E-state index contributed by atoms with van der Waals surface area (Å²) in [5, 5.41) is 8.53. The molecule has 1 N–H and O–H groups in total. The van der Waals surface area contributed by atoms with Crippen molar-refractivity contribution in [3.63, 3.8) is 0 Å². The summed E-state index contributed by atoms with van der Waals surface area (Å²) in [6.07, 6.45) is 5.65. The van der Waals surface area contributed by atoms with Crippen LogP contribution in [0.4, 0.5) is 0 Å². The molecule has 0 spiro atoms. The lowest BCUT2D eigenvalue weighted by molar-refractivity contribution is -0.137. The highest BCUT2D eigenvalue weighted by Crippen LogP contribution is 2.15. The van der Waals surface area contributed by atoms with Crippen LogP contribution in [0.1, 0.15) is 38.7 Å². The molecule has 0 aliphatic carbocycles. The first-order chi connectivity index (χ1) is 8.99. The van der Waals surface area contributed by atoms with Crippen LogP contribution < -0.4 is 0 Å². The van der Waals surface area contributed by atoms with Gasteiger partial charge in [0.05, 0.1) is 12.2 Å². The number of hydrogen-bond donors (Lipinski definition) is 1. The maximum absolute atomic E-state index is 10.4. The topological polar surface area (TPSA) is 46.5 Å². The van der Waals surface area contributed by atoms with E-state index >= 15 is 0 Å². The molecule has 0 fully saturated rings. The van der Waals surface area contributed by atoms with Crippen molar-refractivity contribution in [2.45, 2.75) is 45.3 Å². The number of rotatable bonds is 8. The summed E-state index contributed by atoms with van der Waals surface area (Å²) in [7, 11) is 0. The average Bonchev–Trinajstić information content (AvgIpc) is 2.37. The Hall–Kier alpha value is -1.61. The number of unbranched alkanes of at least 4 members (excludes halogenated alkanes) is 1. The maximum Gasteiger partial charge on any atom is 0.303 e. The Bertz CT molecular complexity index is 407. The highest BCUT2D eigenvalue weighted by molar-refractivity contribution is 5.66. The summed E-state index contributed by atoms with van der Waals surface area (Å²) in [5.74, 6) is -0.743. The number of benzene rings is 1. The largest absolute Gasteiger partial charge is 0.481 e. The van der Waals surface area contributed by atoms with Crippen molar-refractivity contribution in [1.82, 2.24) is 0 Å². The maximum atomic E-state index is 10.4. The molecule has 0 saturated heterocycles. The van der Waals surface area contributed by atoms with Gasteiger partial charge in [0.2, 0.25) is 0 Å². The van der Waals surface area contributed by atoms with Gasteiger partial charge in [-0.2, -0.15) is 0 Å². The van der Waals surface area contributed by atoms with Crippen LogP contribution in [0.5, 0.6) is 0 Å². The Labute approximate surface area is 114 Å². The molecule has 0 heterocycles. The Kier molecular flexibility index (Phi) is 6.30. The number of hydrogen-bond acceptors (Lipinski definition) is 2. The first kappa shape index (κ1) is 15.4. The van der Waals surface area contributed by atoms with E-state index in [1.54, 1.807) is 0 Å². The van der Waals surface area contributed by atoms with Gasteiger partial charge in [-0.25, -0.2) is 0 Å². The van der Waals surface area contributed by atoms with Crippen LogP contribution >= 0.6 is 0 Å². The second-order valence-corrected chi connectivity index (χ2v) is 5.07. The molecule has 0 radical (unpaired) electrons. The molecule has 0 atom stereocenters. The van der Waals surface area contributed by atoms with Gasteiger partial charge in [-0.1, -0.05) is 42.5 Å². The zero-order valence-corrected chi connectivity index (χ0v) is 11.6. The van der Waals surface area contributed by atoms with Crippen molar-refractivity contribution < 1.29 is 14.6 Å². The molecule has 1 aromatic carbocycles. The molecule has 0 unspecified atom stereocenters. The minimum absolute atomic E-state index is 0.218. The summed E-state index contributed by atoms with van der Waals surface area (Å²) >= 11 is 0. The van der Waals surface area contributed by atoms with E-state index < -0.39 is 5.97 Å². The zero-order chi connectivity index (χ0) is 14.1. The molecule has 104 valence electrons. The normalized spacial score (nSPS) is 11.9. The van der Waals surface area contributed by atoms with Crippen molar-refractivity contribution >= 4 is 5.97 Å². The monoisotopic (exact) mass is 262 g/mol. The minimum atomic E-state index is -0.743. The first-order valence-electron chi connectivity index (χ1n) is 6.57. The SMILES string of the molecule is CC(C)(/C=C\CCCC(=O)O)OCc1ccccc1. The van der Waals surface area contributed by atoms with Crippen LogP contribution in [0.25, 0.3) is 0 Å². The summed E-state index contributed by atoms with van der Waals surface area (Å²) in [4.78, 5) is 10.4. The van der Waals surface area contributed by atoms with Gasteiger partial charge in [0.1, 0.15) is 0 Å². The lowest BCUT2D eigenvalue weighted by Crippen LogP contribution is -2.20. The molecular formula is C16H22O3. The van der Waals surface area contributed by atoms with Crippen LogP contribution in [0.2, 0.25) is 0 Å². The Balaban J connectivity index is 2.30. The van der Waals surface area contributed by atoms with Crippen molar-refractivity contribution in [3.8, 4) is 0 Å². The molecule has 0 aliphatic heterocycles. The molecule has 3 heteroatoms. The third-order valence-corrected chi connectivity index (χ3v) is 2.73. The van der Waals surface area contributed by atoms with Crippen molar-refractivity contribution in [3.05, 3.63) is 48.0 Å². The van der Waals surface area contributed by atoms with Crippen LogP contribution in [0, 0.1) is 0 Å². The fraction of sp³-hybridized carbons (Fsp3) is 0.438. The third-order valence-electron chi connectivity index (χ3n) is 2.73. The van der Waals surface area contributed by atoms with Crippen LogP contribution in [-0.2, 0) is 16.1 Å². The van der Waals surface area contributed by atoms with Gasteiger partial charge in [-0.3, -0.25) is 4.79 Å². The van der Waals surface area contributed by atoms with E-state index in [-0.39, 0.29) is 12.0 Å². The molecule has 0 amide bonds. The lowest BCUT2D eigenvalue weighted by atomic mass is 10.1. The molecule has 19 heavy (non-hydrogen) atoms. The number of carbonyl (C=O) groups is 1. The number of ether oxygens (including phenoxy) is 1. The fourth-order valence-corrected chi connectivity index (χ4v) is 1.63. The number of carboxylic acid groups (broad SMARTS) is 1. The molecule has 0 bridgehead atoms. The van der Waals surface area contributed by atoms with Crippen molar-refractivity contribution in [2.75, 3.05) is 0 Å². The Morgan fingerprint density at radius 1 is 1.32 bits per heavy atom. The summed E-state index contributed by atoms with van der Waals surface area (Å²) < 4.78 is 5.84. The van der Waals surface area contributed by atoms with Gasteiger partial charge < -0.3 is 9.84 Å². The predicted octanol–water partition coefficient (Wildman–Crippen LogP) is 3.79. The quantitative estimate of drug-likeness (QED) is 0.572. The van der Waals surface area contributed by atoms with Crippen molar-refractivity contribution in [2.24, 2.45) is 0 Å². The first-order valence-corrected chi connectivity index (χ1v) is 6.57. The van der Waals surface area contributed by atoms with Crippen molar-refractivity contribution in [1.29, 1.82) is 0 Å². The average molecular weight is 262 g/mol. The smallest absolute Gasteiger partial charge is 0.303 e. The fourth-order valence-electron chi connectivity index (χ4n) is 1.63. The van der Waals surface area contributed by atoms with E-state index in [0.717, 1.165) is 12.0 Å². The standard InChI is InChI=1S/C16H22O3/c1-16(2,12-8-4-7-11-15(17)18)19-13-14-9-5-3-6-10-14/h3,5-6,8-10,12H,4,7,11,13H2,1-2H3,(H,17,18)/b12-8-. The molecular weight excluding hydrogens is 240 g/mol. The van der Waals surface area contributed by atoms with E-state index in [0.29, 0.717) is 13.0 Å². The van der Waals surface area contributed by atoms with E-state index in [2.05, 4.69) is 0 Å². The molecule has 0 saturated carbocycles. The highest BCUT2D eigenvalue weighted by Gasteiger charge is 2.13. The van der Waals surface area contributed by atoms with Gasteiger partial charge in [0.25, 0.3) is 0 Å². The second-order valence-electron chi connectivity index (χ2n) is 5.07. The predicted molar refractivity (Wildman–Crippen MR) is 75.9 cm³/mol. The van der Waals surface area contributed by atoms with Gasteiger partial charge in [0.15, 0.2) is 0 Å². The lowest BCUT2D eigenvalue weighted by Gasteiger charge is -2.21. The molecule has 1 aromatic rings. The second kappa shape index (κ2) is 7.74. The zero-order valence-electron chi connectivity index (χ0n) is 11.6.